The Morgan fingerprint density at radius 2 is 2.04 bits per heavy atom. The summed E-state index contributed by atoms with van der Waals surface area (Å²) in [6.45, 7) is 7.68. The van der Waals surface area contributed by atoms with Gasteiger partial charge < -0.3 is 14.2 Å². The van der Waals surface area contributed by atoms with Gasteiger partial charge in [-0.25, -0.2) is 4.98 Å². The molecule has 5 nitrogen and oxygen atoms in total. The van der Waals surface area contributed by atoms with Crippen molar-refractivity contribution in [2.24, 2.45) is 0 Å². The van der Waals surface area contributed by atoms with Gasteiger partial charge in [-0.2, -0.15) is 0 Å². The van der Waals surface area contributed by atoms with E-state index in [4.69, 9.17) is 4.74 Å². The first-order chi connectivity index (χ1) is 11.0. The van der Waals surface area contributed by atoms with Crippen LogP contribution in [0.25, 0.3) is 0 Å². The van der Waals surface area contributed by atoms with Crippen LogP contribution in [-0.4, -0.2) is 33.5 Å². The van der Waals surface area contributed by atoms with E-state index >= 15 is 0 Å². The average molecular weight is 313 g/mol. The third-order valence-corrected chi connectivity index (χ3v) is 4.23. The second kappa shape index (κ2) is 6.44. The fraction of sp³-hybridized carbons (Fsp3) is 0.444. The lowest BCUT2D eigenvalue weighted by Crippen LogP contribution is -2.39. The van der Waals surface area contributed by atoms with Crippen molar-refractivity contribution in [2.45, 2.75) is 39.8 Å². The van der Waals surface area contributed by atoms with Crippen LogP contribution in [-0.2, 0) is 17.8 Å². The van der Waals surface area contributed by atoms with Gasteiger partial charge in [-0.15, -0.1) is 0 Å². The van der Waals surface area contributed by atoms with E-state index in [0.29, 0.717) is 19.1 Å². The van der Waals surface area contributed by atoms with E-state index in [-0.39, 0.29) is 12.5 Å². The Morgan fingerprint density at radius 3 is 2.74 bits per heavy atom. The Morgan fingerprint density at radius 1 is 1.30 bits per heavy atom. The van der Waals surface area contributed by atoms with E-state index < -0.39 is 0 Å². The van der Waals surface area contributed by atoms with Crippen molar-refractivity contribution in [3.05, 3.63) is 47.5 Å². The van der Waals surface area contributed by atoms with Crippen LogP contribution in [0, 0.1) is 6.92 Å². The summed E-state index contributed by atoms with van der Waals surface area (Å²) in [6, 6.07) is 8.10. The third-order valence-electron chi connectivity index (χ3n) is 4.23. The molecule has 2 aromatic rings. The summed E-state index contributed by atoms with van der Waals surface area (Å²) < 4.78 is 7.76. The standard InChI is InChI=1S/C18H23N3O2/c1-13(2)21-12-19-16-8-9-20(10-17(16)21)18(22)11-23-15-6-4-14(3)5-7-15/h4-7,12-13H,8-11H2,1-3H3. The summed E-state index contributed by atoms with van der Waals surface area (Å²) in [7, 11) is 0. The molecule has 1 aliphatic heterocycles. The van der Waals surface area contributed by atoms with Crippen LogP contribution in [0.2, 0.25) is 0 Å². The van der Waals surface area contributed by atoms with E-state index in [9.17, 15) is 4.79 Å². The number of rotatable bonds is 4. The number of hydrogen-bond donors (Lipinski definition) is 0. The van der Waals surface area contributed by atoms with Gasteiger partial charge in [0, 0.05) is 19.0 Å². The van der Waals surface area contributed by atoms with E-state index in [1.165, 1.54) is 5.56 Å². The van der Waals surface area contributed by atoms with Crippen molar-refractivity contribution in [1.29, 1.82) is 0 Å². The van der Waals surface area contributed by atoms with Gasteiger partial charge in [0.2, 0.25) is 0 Å². The number of carbonyl (C=O) groups is 1. The van der Waals surface area contributed by atoms with Gasteiger partial charge in [0.1, 0.15) is 5.75 Å². The van der Waals surface area contributed by atoms with Gasteiger partial charge in [0.05, 0.1) is 24.3 Å². The highest BCUT2D eigenvalue weighted by Gasteiger charge is 2.25. The molecule has 0 radical (unpaired) electrons. The average Bonchev–Trinajstić information content (AvgIpc) is 2.97. The maximum atomic E-state index is 12.4. The Kier molecular flexibility index (Phi) is 4.37. The fourth-order valence-electron chi connectivity index (χ4n) is 2.84. The monoisotopic (exact) mass is 313 g/mol. The largest absolute Gasteiger partial charge is 0.484 e. The van der Waals surface area contributed by atoms with E-state index in [1.807, 2.05) is 42.4 Å². The normalized spacial score (nSPS) is 14.0. The molecular formula is C18H23N3O2. The molecule has 0 bridgehead atoms. The van der Waals surface area contributed by atoms with Gasteiger partial charge >= 0.3 is 0 Å². The van der Waals surface area contributed by atoms with E-state index in [1.54, 1.807) is 0 Å². The molecule has 5 heteroatoms. The zero-order chi connectivity index (χ0) is 16.4. The lowest BCUT2D eigenvalue weighted by molar-refractivity contribution is -0.134. The quantitative estimate of drug-likeness (QED) is 0.872. The van der Waals surface area contributed by atoms with Crippen molar-refractivity contribution in [3.63, 3.8) is 0 Å². The van der Waals surface area contributed by atoms with Crippen molar-refractivity contribution in [1.82, 2.24) is 14.5 Å². The maximum absolute atomic E-state index is 12.4. The second-order valence-electron chi connectivity index (χ2n) is 6.31. The van der Waals surface area contributed by atoms with Gasteiger partial charge in [0.15, 0.2) is 6.61 Å². The predicted molar refractivity (Wildman–Crippen MR) is 88.4 cm³/mol. The van der Waals surface area contributed by atoms with Crippen LogP contribution in [0.3, 0.4) is 0 Å². The van der Waals surface area contributed by atoms with E-state index in [0.717, 1.165) is 23.6 Å². The Balaban J connectivity index is 1.62. The van der Waals surface area contributed by atoms with Crippen molar-refractivity contribution in [2.75, 3.05) is 13.2 Å². The summed E-state index contributed by atoms with van der Waals surface area (Å²) in [5, 5.41) is 0. The lowest BCUT2D eigenvalue weighted by Gasteiger charge is -2.28. The van der Waals surface area contributed by atoms with Crippen LogP contribution in [0.15, 0.2) is 30.6 Å². The Labute approximate surface area is 136 Å². The zero-order valence-electron chi connectivity index (χ0n) is 14.0. The van der Waals surface area contributed by atoms with Gasteiger partial charge in [-0.05, 0) is 32.9 Å². The van der Waals surface area contributed by atoms with Crippen LogP contribution in [0.1, 0.15) is 36.8 Å². The molecule has 0 saturated carbocycles. The molecular weight excluding hydrogens is 290 g/mol. The minimum absolute atomic E-state index is 0.0210. The molecule has 0 N–H and O–H groups in total. The van der Waals surface area contributed by atoms with Crippen LogP contribution in [0.5, 0.6) is 5.75 Å². The predicted octanol–water partition coefficient (Wildman–Crippen LogP) is 2.74. The number of nitrogens with zero attached hydrogens (tertiary/aromatic N) is 3. The Hall–Kier alpha value is -2.30. The van der Waals surface area contributed by atoms with Crippen LogP contribution >= 0.6 is 0 Å². The summed E-state index contributed by atoms with van der Waals surface area (Å²) in [5.41, 5.74) is 3.44. The SMILES string of the molecule is Cc1ccc(OCC(=O)N2CCc3ncn(C(C)C)c3C2)cc1. The highest BCUT2D eigenvalue weighted by molar-refractivity contribution is 5.78. The number of ether oxygens (including phenoxy) is 1. The molecule has 1 amide bonds. The summed E-state index contributed by atoms with van der Waals surface area (Å²) >= 11 is 0. The molecule has 122 valence electrons. The number of aryl methyl sites for hydroxylation is 1. The number of amides is 1. The molecule has 0 spiro atoms. The molecule has 0 aliphatic carbocycles. The zero-order valence-corrected chi connectivity index (χ0v) is 14.0. The topological polar surface area (TPSA) is 47.4 Å². The summed E-state index contributed by atoms with van der Waals surface area (Å²) in [6.07, 6.45) is 2.69. The third kappa shape index (κ3) is 3.38. The van der Waals surface area contributed by atoms with Crippen molar-refractivity contribution >= 4 is 5.91 Å². The van der Waals surface area contributed by atoms with Gasteiger partial charge in [0.25, 0.3) is 5.91 Å². The molecule has 1 aliphatic rings. The first kappa shape index (κ1) is 15.6. The van der Waals surface area contributed by atoms with Gasteiger partial charge in [-0.1, -0.05) is 17.7 Å². The second-order valence-corrected chi connectivity index (χ2v) is 6.31. The molecule has 0 saturated heterocycles. The number of carbonyl (C=O) groups excluding carboxylic acids is 1. The number of imidazole rings is 1. The fourth-order valence-corrected chi connectivity index (χ4v) is 2.84. The highest BCUT2D eigenvalue weighted by Crippen LogP contribution is 2.21. The molecule has 0 fully saturated rings. The molecule has 23 heavy (non-hydrogen) atoms. The Bertz CT molecular complexity index is 689. The summed E-state index contributed by atoms with van der Waals surface area (Å²) in [5.74, 6) is 0.751. The highest BCUT2D eigenvalue weighted by atomic mass is 16.5. The molecule has 0 atom stereocenters. The van der Waals surface area contributed by atoms with Crippen LogP contribution in [0.4, 0.5) is 0 Å². The number of hydrogen-bond acceptors (Lipinski definition) is 3. The minimum Gasteiger partial charge on any atom is -0.484 e. The summed E-state index contributed by atoms with van der Waals surface area (Å²) in [4.78, 5) is 18.7. The maximum Gasteiger partial charge on any atom is 0.260 e. The number of benzene rings is 1. The molecule has 0 unspecified atom stereocenters. The number of fused-ring (bicyclic) bond motifs is 1. The first-order valence-corrected chi connectivity index (χ1v) is 8.06. The van der Waals surface area contributed by atoms with Crippen molar-refractivity contribution in [3.8, 4) is 5.75 Å². The van der Waals surface area contributed by atoms with Crippen molar-refractivity contribution < 1.29 is 9.53 Å². The molecule has 2 heterocycles. The van der Waals surface area contributed by atoms with Gasteiger partial charge in [-0.3, -0.25) is 4.79 Å². The number of aromatic nitrogens is 2. The molecule has 1 aromatic heterocycles. The first-order valence-electron chi connectivity index (χ1n) is 8.06. The van der Waals surface area contributed by atoms with E-state index in [2.05, 4.69) is 23.4 Å². The molecule has 1 aromatic carbocycles. The molecule has 3 rings (SSSR count). The lowest BCUT2D eigenvalue weighted by atomic mass is 10.1. The minimum atomic E-state index is 0.0210. The van der Waals surface area contributed by atoms with Crippen LogP contribution < -0.4 is 4.74 Å². The smallest absolute Gasteiger partial charge is 0.260 e.